The topological polar surface area (TPSA) is 70.7 Å². The van der Waals surface area contributed by atoms with Crippen molar-refractivity contribution in [1.82, 2.24) is 15.2 Å². The van der Waals surface area contributed by atoms with E-state index in [4.69, 9.17) is 0 Å². The molecular formula is C13H18N4OS. The summed E-state index contributed by atoms with van der Waals surface area (Å²) in [7, 11) is 0. The van der Waals surface area contributed by atoms with Crippen molar-refractivity contribution in [3.8, 4) is 0 Å². The number of thiazole rings is 1. The molecule has 2 heterocycles. The van der Waals surface area contributed by atoms with Gasteiger partial charge in [0.1, 0.15) is 0 Å². The first-order valence-corrected chi connectivity index (χ1v) is 7.27. The number of amides is 1. The van der Waals surface area contributed by atoms with Gasteiger partial charge in [-0.25, -0.2) is 4.98 Å². The summed E-state index contributed by atoms with van der Waals surface area (Å²) in [6.45, 7) is 6.16. The lowest BCUT2D eigenvalue weighted by Gasteiger charge is -1.96. The number of aryl methyl sites for hydroxylation is 3. The Bertz CT molecular complexity index is 573. The number of hydrogen-bond donors (Lipinski definition) is 2. The molecule has 0 unspecified atom stereocenters. The van der Waals surface area contributed by atoms with Crippen molar-refractivity contribution in [1.29, 1.82) is 0 Å². The van der Waals surface area contributed by atoms with Crippen molar-refractivity contribution < 1.29 is 4.79 Å². The summed E-state index contributed by atoms with van der Waals surface area (Å²) in [5, 5.41) is 10.3. The van der Waals surface area contributed by atoms with Crippen molar-refractivity contribution in [3.05, 3.63) is 28.0 Å². The maximum absolute atomic E-state index is 12.0. The number of anilines is 1. The van der Waals surface area contributed by atoms with E-state index in [-0.39, 0.29) is 5.91 Å². The molecule has 2 aromatic heterocycles. The first kappa shape index (κ1) is 13.7. The molecule has 2 aromatic rings. The quantitative estimate of drug-likeness (QED) is 0.883. The van der Waals surface area contributed by atoms with Crippen LogP contribution in [0, 0.1) is 6.92 Å². The van der Waals surface area contributed by atoms with Crippen LogP contribution in [-0.2, 0) is 12.8 Å². The summed E-state index contributed by atoms with van der Waals surface area (Å²) in [5.41, 5.74) is 2.43. The van der Waals surface area contributed by atoms with Gasteiger partial charge in [0.15, 0.2) is 10.8 Å². The number of nitrogens with zero attached hydrogens (tertiary/aromatic N) is 2. The van der Waals surface area contributed by atoms with Crippen molar-refractivity contribution in [2.45, 2.75) is 40.0 Å². The second-order valence-corrected chi connectivity index (χ2v) is 5.56. The van der Waals surface area contributed by atoms with Gasteiger partial charge in [0.2, 0.25) is 0 Å². The Kier molecular flexibility index (Phi) is 4.31. The van der Waals surface area contributed by atoms with E-state index in [2.05, 4.69) is 34.3 Å². The first-order valence-electron chi connectivity index (χ1n) is 6.46. The highest BCUT2D eigenvalue weighted by Crippen LogP contribution is 2.22. The fourth-order valence-corrected chi connectivity index (χ4v) is 2.74. The minimum atomic E-state index is -0.213. The zero-order chi connectivity index (χ0) is 13.8. The molecule has 2 rings (SSSR count). The number of H-pyrrole nitrogens is 1. The largest absolute Gasteiger partial charge is 0.296 e. The molecule has 0 radical (unpaired) electrons. The van der Waals surface area contributed by atoms with E-state index in [9.17, 15) is 4.79 Å². The molecule has 0 saturated carbocycles. The number of aromatic nitrogens is 3. The van der Waals surface area contributed by atoms with Gasteiger partial charge in [-0.1, -0.05) is 20.3 Å². The van der Waals surface area contributed by atoms with E-state index in [1.807, 2.05) is 6.92 Å². The fourth-order valence-electron chi connectivity index (χ4n) is 1.85. The lowest BCUT2D eigenvalue weighted by molar-refractivity contribution is 0.102. The summed E-state index contributed by atoms with van der Waals surface area (Å²) < 4.78 is 0. The van der Waals surface area contributed by atoms with Gasteiger partial charge in [0.25, 0.3) is 5.91 Å². The Morgan fingerprint density at radius 2 is 2.26 bits per heavy atom. The van der Waals surface area contributed by atoms with E-state index in [1.54, 1.807) is 6.07 Å². The maximum atomic E-state index is 12.0. The van der Waals surface area contributed by atoms with Crippen LogP contribution in [-0.4, -0.2) is 21.1 Å². The summed E-state index contributed by atoms with van der Waals surface area (Å²) in [4.78, 5) is 17.5. The Hall–Kier alpha value is -1.69. The Morgan fingerprint density at radius 1 is 1.47 bits per heavy atom. The second-order valence-electron chi connectivity index (χ2n) is 4.36. The highest BCUT2D eigenvalue weighted by atomic mass is 32.1. The summed E-state index contributed by atoms with van der Waals surface area (Å²) in [5.74, 6) is -0.213. The molecule has 0 atom stereocenters. The first-order chi connectivity index (χ1) is 9.13. The van der Waals surface area contributed by atoms with Gasteiger partial charge in [-0.15, -0.1) is 11.3 Å². The van der Waals surface area contributed by atoms with E-state index in [1.165, 1.54) is 11.3 Å². The third-order valence-electron chi connectivity index (χ3n) is 2.83. The number of aromatic amines is 1. The highest BCUT2D eigenvalue weighted by Gasteiger charge is 2.13. The second kappa shape index (κ2) is 5.97. The molecule has 1 amide bonds. The van der Waals surface area contributed by atoms with Gasteiger partial charge in [0, 0.05) is 10.6 Å². The average molecular weight is 278 g/mol. The predicted octanol–water partition coefficient (Wildman–Crippen LogP) is 2.94. The molecule has 0 aliphatic carbocycles. The van der Waals surface area contributed by atoms with Crippen LogP contribution < -0.4 is 5.32 Å². The summed E-state index contributed by atoms with van der Waals surface area (Å²) >= 11 is 1.50. The van der Waals surface area contributed by atoms with Gasteiger partial charge in [-0.3, -0.25) is 15.2 Å². The molecule has 102 valence electrons. The normalized spacial score (nSPS) is 10.7. The molecule has 0 fully saturated rings. The number of nitrogens with one attached hydrogen (secondary N) is 2. The van der Waals surface area contributed by atoms with Crippen LogP contribution in [0.2, 0.25) is 0 Å². The van der Waals surface area contributed by atoms with Gasteiger partial charge >= 0.3 is 0 Å². The van der Waals surface area contributed by atoms with E-state index >= 15 is 0 Å². The van der Waals surface area contributed by atoms with Crippen LogP contribution in [0.25, 0.3) is 0 Å². The van der Waals surface area contributed by atoms with Crippen LogP contribution in [0.5, 0.6) is 0 Å². The van der Waals surface area contributed by atoms with Crippen molar-refractivity contribution in [2.24, 2.45) is 0 Å². The Labute approximate surface area is 116 Å². The van der Waals surface area contributed by atoms with Crippen LogP contribution in [0.4, 0.5) is 5.13 Å². The molecule has 0 aromatic carbocycles. The van der Waals surface area contributed by atoms with Crippen molar-refractivity contribution >= 4 is 22.4 Å². The third kappa shape index (κ3) is 3.20. The minimum absolute atomic E-state index is 0.213. The molecule has 6 heteroatoms. The molecule has 2 N–H and O–H groups in total. The van der Waals surface area contributed by atoms with Crippen LogP contribution in [0.3, 0.4) is 0 Å². The van der Waals surface area contributed by atoms with E-state index < -0.39 is 0 Å². The highest BCUT2D eigenvalue weighted by molar-refractivity contribution is 7.15. The van der Waals surface area contributed by atoms with E-state index in [0.29, 0.717) is 10.8 Å². The number of carbonyl (C=O) groups excluding carboxylic acids is 1. The summed E-state index contributed by atoms with van der Waals surface area (Å²) in [6.07, 6.45) is 2.80. The monoisotopic (exact) mass is 278 g/mol. The van der Waals surface area contributed by atoms with Crippen molar-refractivity contribution in [2.75, 3.05) is 5.32 Å². The Balaban J connectivity index is 2.06. The Morgan fingerprint density at radius 3 is 2.89 bits per heavy atom. The van der Waals surface area contributed by atoms with Crippen LogP contribution >= 0.6 is 11.3 Å². The number of carbonyl (C=O) groups is 1. The molecule has 0 saturated heterocycles. The lowest BCUT2D eigenvalue weighted by Crippen LogP contribution is -2.12. The van der Waals surface area contributed by atoms with Crippen LogP contribution in [0.1, 0.15) is 47.0 Å². The lowest BCUT2D eigenvalue weighted by atomic mass is 10.2. The SMILES string of the molecule is CCCc1cc(C(=O)Nc2nc(CC)c(C)s2)n[nH]1. The number of hydrogen-bond acceptors (Lipinski definition) is 4. The molecule has 5 nitrogen and oxygen atoms in total. The average Bonchev–Trinajstić information content (AvgIpc) is 2.96. The summed E-state index contributed by atoms with van der Waals surface area (Å²) in [6, 6.07) is 1.79. The van der Waals surface area contributed by atoms with Gasteiger partial charge < -0.3 is 0 Å². The van der Waals surface area contributed by atoms with Gasteiger partial charge in [-0.2, -0.15) is 5.10 Å². The zero-order valence-corrected chi connectivity index (χ0v) is 12.2. The maximum Gasteiger partial charge on any atom is 0.277 e. The van der Waals surface area contributed by atoms with Gasteiger partial charge in [0.05, 0.1) is 5.69 Å². The smallest absolute Gasteiger partial charge is 0.277 e. The third-order valence-corrected chi connectivity index (χ3v) is 3.76. The number of rotatable bonds is 5. The molecule has 0 spiro atoms. The minimum Gasteiger partial charge on any atom is -0.296 e. The van der Waals surface area contributed by atoms with E-state index in [0.717, 1.165) is 35.5 Å². The molecule has 0 bridgehead atoms. The predicted molar refractivity (Wildman–Crippen MR) is 76.8 cm³/mol. The fraction of sp³-hybridized carbons (Fsp3) is 0.462. The molecule has 0 aliphatic rings. The van der Waals surface area contributed by atoms with Crippen molar-refractivity contribution in [3.63, 3.8) is 0 Å². The van der Waals surface area contributed by atoms with Crippen LogP contribution in [0.15, 0.2) is 6.07 Å². The standard InChI is InChI=1S/C13H18N4OS/c1-4-6-9-7-11(17-16-9)12(18)15-13-14-10(5-2)8(3)19-13/h7H,4-6H2,1-3H3,(H,16,17)(H,14,15,18). The molecule has 19 heavy (non-hydrogen) atoms. The molecule has 0 aliphatic heterocycles. The zero-order valence-electron chi connectivity index (χ0n) is 11.4. The van der Waals surface area contributed by atoms with Gasteiger partial charge in [-0.05, 0) is 25.8 Å². The molecular weight excluding hydrogens is 260 g/mol.